The van der Waals surface area contributed by atoms with E-state index in [1.54, 1.807) is 24.5 Å². The van der Waals surface area contributed by atoms with Gasteiger partial charge in [0.2, 0.25) is 35.4 Å². The highest BCUT2D eigenvalue weighted by molar-refractivity contribution is 6.01. The number of nitrogens with one attached hydrogen (secondary N) is 7. The van der Waals surface area contributed by atoms with E-state index in [4.69, 9.17) is 5.11 Å². The second kappa shape index (κ2) is 26.8. The summed E-state index contributed by atoms with van der Waals surface area (Å²) in [6.07, 6.45) is -8.29. The number of hydrogen-bond acceptors (Lipinski definition) is 15. The molecule has 0 radical (unpaired) electrons. The molecule has 0 aliphatic rings. The third-order valence-electron chi connectivity index (χ3n) is 8.16. The average molecular weight is 906 g/mol. The summed E-state index contributed by atoms with van der Waals surface area (Å²) in [5.41, 5.74) is 0. The monoisotopic (exact) mass is 905 g/mol. The second-order valence-electron chi connectivity index (χ2n) is 14.3. The molecule has 0 aromatic rings. The summed E-state index contributed by atoms with van der Waals surface area (Å²) in [6.45, 7) is 5.88. The molecule has 0 aromatic carbocycles. The van der Waals surface area contributed by atoms with Crippen LogP contribution in [-0.4, -0.2) is 167 Å². The molecule has 28 heteroatoms. The van der Waals surface area contributed by atoms with Crippen molar-refractivity contribution in [3.8, 4) is 0 Å². The molecule has 7 atom stereocenters. The van der Waals surface area contributed by atoms with Crippen molar-refractivity contribution in [3.63, 3.8) is 0 Å². The van der Waals surface area contributed by atoms with E-state index in [9.17, 15) is 97.8 Å². The van der Waals surface area contributed by atoms with Gasteiger partial charge in [-0.15, -0.1) is 0 Å². The Labute approximate surface area is 356 Å². The summed E-state index contributed by atoms with van der Waals surface area (Å²) < 4.78 is 0. The van der Waals surface area contributed by atoms with Crippen LogP contribution < -0.4 is 37.2 Å². The molecule has 63 heavy (non-hydrogen) atoms. The van der Waals surface area contributed by atoms with E-state index in [1.165, 1.54) is 13.8 Å². The SMILES string of the molecule is CC(C)N[C@@H](CCC(=O)O)C(=O)N[C@@H](CC(=O)O)C(=O)N[C@@H](CC(=O)O)C(=O)N[C@@H](CC(=O)O)C(=O)N[C@@H](CC(=O)O)C(=O)N[C@@H](CC(=O)O)C(=O)N[C@@H](CC(=O)O)C(=O)C(C)C. The van der Waals surface area contributed by atoms with E-state index < -0.39 is 182 Å². The van der Waals surface area contributed by atoms with Gasteiger partial charge in [-0.05, 0) is 6.42 Å². The van der Waals surface area contributed by atoms with Crippen molar-refractivity contribution >= 4 is 83.0 Å². The number of aliphatic carboxylic acids is 7. The summed E-state index contributed by atoms with van der Waals surface area (Å²) >= 11 is 0. The predicted molar refractivity (Wildman–Crippen MR) is 204 cm³/mol. The van der Waals surface area contributed by atoms with Crippen molar-refractivity contribution in [2.24, 2.45) is 5.92 Å². The van der Waals surface area contributed by atoms with Crippen LogP contribution in [0.1, 0.15) is 79.1 Å². The molecule has 0 saturated heterocycles. The topological polar surface area (TPSA) is 465 Å². The first-order valence-corrected chi connectivity index (χ1v) is 18.7. The van der Waals surface area contributed by atoms with Gasteiger partial charge in [-0.3, -0.25) is 67.1 Å². The number of carboxylic acid groups (broad SMARTS) is 7. The normalized spacial score (nSPS) is 14.2. The molecule has 0 rings (SSSR count). The average Bonchev–Trinajstić information content (AvgIpc) is 3.12. The maximum atomic E-state index is 13.4. The molecule has 6 amide bonds. The Balaban J connectivity index is 6.57. The van der Waals surface area contributed by atoms with E-state index in [0.717, 1.165) is 0 Å². The standard InChI is InChI=1S/C35H51N7O21/c1-13(2)29(57)16(7-23(45)46)37-31(59)17(8-24(47)48)39-33(61)19(10-26(51)52)41-35(63)21(12-28(55)56)42-34(62)20(11-27(53)54)40-32(60)18(9-25(49)50)38-30(58)15(36-14(3)4)5-6-22(43)44/h13-21,36H,5-12H2,1-4H3,(H,37,59)(H,38,58)(H,39,61)(H,40,60)(H,41,63)(H,42,62)(H,43,44)(H,45,46)(H,47,48)(H,49,50)(H,51,52)(H,53,54)(H,55,56)/t15-,16-,17-,18-,19-,20-,21-/m0/s1. The summed E-state index contributed by atoms with van der Waals surface area (Å²) in [5, 5.41) is 79.5. The Morgan fingerprint density at radius 2 is 0.556 bits per heavy atom. The number of carbonyl (C=O) groups excluding carboxylic acids is 7. The van der Waals surface area contributed by atoms with E-state index in [-0.39, 0.29) is 6.42 Å². The predicted octanol–water partition coefficient (Wildman–Crippen LogP) is -4.80. The largest absolute Gasteiger partial charge is 0.481 e. The molecular weight excluding hydrogens is 854 g/mol. The van der Waals surface area contributed by atoms with E-state index in [1.807, 2.05) is 16.0 Å². The fraction of sp³-hybridized carbons (Fsp3) is 0.600. The van der Waals surface area contributed by atoms with Crippen LogP contribution in [0.2, 0.25) is 0 Å². The summed E-state index contributed by atoms with van der Waals surface area (Å²) in [5.74, 6) is -22.3. The molecule has 0 aromatic heterocycles. The Hall–Kier alpha value is -7.26. The molecule has 0 fully saturated rings. The maximum Gasteiger partial charge on any atom is 0.305 e. The molecule has 0 unspecified atom stereocenters. The molecule has 0 spiro atoms. The third-order valence-corrected chi connectivity index (χ3v) is 8.16. The minimum Gasteiger partial charge on any atom is -0.481 e. The molecule has 14 N–H and O–H groups in total. The lowest BCUT2D eigenvalue weighted by atomic mass is 9.98. The first-order chi connectivity index (χ1) is 29.0. The van der Waals surface area contributed by atoms with Gasteiger partial charge in [0, 0.05) is 18.4 Å². The zero-order valence-corrected chi connectivity index (χ0v) is 34.2. The highest BCUT2D eigenvalue weighted by Crippen LogP contribution is 2.08. The van der Waals surface area contributed by atoms with Crippen LogP contribution in [0.25, 0.3) is 0 Å². The van der Waals surface area contributed by atoms with Gasteiger partial charge in [0.25, 0.3) is 0 Å². The van der Waals surface area contributed by atoms with Crippen LogP contribution in [0.15, 0.2) is 0 Å². The number of ketones is 1. The highest BCUT2D eigenvalue weighted by Gasteiger charge is 2.37. The Kier molecular flexibility index (Phi) is 23.8. The van der Waals surface area contributed by atoms with Crippen LogP contribution in [0, 0.1) is 5.92 Å². The quantitative estimate of drug-likeness (QED) is 0.0310. The van der Waals surface area contributed by atoms with Crippen LogP contribution in [0.4, 0.5) is 0 Å². The van der Waals surface area contributed by atoms with Crippen LogP contribution in [-0.2, 0) is 67.1 Å². The van der Waals surface area contributed by atoms with Crippen molar-refractivity contribution in [3.05, 3.63) is 0 Å². The number of carbonyl (C=O) groups is 14. The van der Waals surface area contributed by atoms with Crippen molar-refractivity contribution in [1.29, 1.82) is 0 Å². The molecule has 28 nitrogen and oxygen atoms in total. The first-order valence-electron chi connectivity index (χ1n) is 18.7. The molecular formula is C35H51N7O21. The maximum absolute atomic E-state index is 13.4. The number of amides is 6. The van der Waals surface area contributed by atoms with Crippen molar-refractivity contribution in [2.45, 2.75) is 127 Å². The van der Waals surface area contributed by atoms with E-state index >= 15 is 0 Å². The number of carboxylic acids is 7. The third kappa shape index (κ3) is 22.8. The zero-order chi connectivity index (χ0) is 48.9. The smallest absolute Gasteiger partial charge is 0.305 e. The lowest BCUT2D eigenvalue weighted by Crippen LogP contribution is -2.61. The molecule has 0 heterocycles. The zero-order valence-electron chi connectivity index (χ0n) is 34.2. The van der Waals surface area contributed by atoms with Crippen LogP contribution in [0.3, 0.4) is 0 Å². The Bertz CT molecular complexity index is 1780. The van der Waals surface area contributed by atoms with E-state index in [2.05, 4.69) is 10.6 Å². The van der Waals surface area contributed by atoms with Crippen molar-refractivity contribution < 1.29 is 103 Å². The molecule has 0 aliphatic heterocycles. The van der Waals surface area contributed by atoms with Crippen LogP contribution in [0.5, 0.6) is 0 Å². The first kappa shape index (κ1) is 55.7. The lowest BCUT2D eigenvalue weighted by Gasteiger charge is -2.27. The fourth-order valence-corrected chi connectivity index (χ4v) is 5.31. The lowest BCUT2D eigenvalue weighted by molar-refractivity contribution is -0.145. The van der Waals surface area contributed by atoms with E-state index in [0.29, 0.717) is 0 Å². The molecule has 0 saturated carbocycles. The van der Waals surface area contributed by atoms with Crippen molar-refractivity contribution in [1.82, 2.24) is 37.2 Å². The van der Waals surface area contributed by atoms with Gasteiger partial charge in [-0.1, -0.05) is 27.7 Å². The molecule has 0 aliphatic carbocycles. The van der Waals surface area contributed by atoms with Crippen LogP contribution >= 0.6 is 0 Å². The van der Waals surface area contributed by atoms with Gasteiger partial charge >= 0.3 is 41.8 Å². The fourth-order valence-electron chi connectivity index (χ4n) is 5.31. The van der Waals surface area contributed by atoms with Crippen molar-refractivity contribution in [2.75, 3.05) is 0 Å². The van der Waals surface area contributed by atoms with Gasteiger partial charge in [0.1, 0.15) is 30.2 Å². The van der Waals surface area contributed by atoms with Gasteiger partial charge in [0.05, 0.1) is 50.6 Å². The molecule has 352 valence electrons. The summed E-state index contributed by atoms with van der Waals surface area (Å²) in [7, 11) is 0. The van der Waals surface area contributed by atoms with Gasteiger partial charge in [-0.25, -0.2) is 0 Å². The Morgan fingerprint density at radius 3 is 0.762 bits per heavy atom. The van der Waals surface area contributed by atoms with Gasteiger partial charge < -0.3 is 73.0 Å². The summed E-state index contributed by atoms with van der Waals surface area (Å²) in [6, 6.07) is -14.5. The molecule has 0 bridgehead atoms. The highest BCUT2D eigenvalue weighted by atomic mass is 16.4. The number of hydrogen-bond donors (Lipinski definition) is 14. The van der Waals surface area contributed by atoms with Gasteiger partial charge in [0.15, 0.2) is 5.78 Å². The van der Waals surface area contributed by atoms with Gasteiger partial charge in [-0.2, -0.15) is 0 Å². The minimum absolute atomic E-state index is 0.333. The second-order valence-corrected chi connectivity index (χ2v) is 14.3. The Morgan fingerprint density at radius 1 is 0.333 bits per heavy atom. The number of Topliss-reactive ketones (excluding diaryl/α,β-unsaturated/α-hetero) is 1. The minimum atomic E-state index is -2.32. The summed E-state index contributed by atoms with van der Waals surface area (Å²) in [4.78, 5) is 173. The number of rotatable bonds is 31.